The van der Waals surface area contributed by atoms with Gasteiger partial charge in [-0.2, -0.15) is 0 Å². The standard InChI is InChI=1S/C13H28N2O2S/c1-3-9-14-10-4-5-11-18(16,17)15-12(2)13-7-6-8-13/h12-15H,3-11H2,1-2H3. The highest BCUT2D eigenvalue weighted by atomic mass is 32.2. The Kier molecular flexibility index (Phi) is 7.19. The van der Waals surface area contributed by atoms with Gasteiger partial charge >= 0.3 is 0 Å². The van der Waals surface area contributed by atoms with Crippen molar-refractivity contribution in [2.24, 2.45) is 5.92 Å². The van der Waals surface area contributed by atoms with Crippen LogP contribution in [0.2, 0.25) is 0 Å². The minimum atomic E-state index is -3.07. The molecule has 0 heterocycles. The second-order valence-electron chi connectivity index (χ2n) is 5.37. The summed E-state index contributed by atoms with van der Waals surface area (Å²) in [5, 5.41) is 3.28. The van der Waals surface area contributed by atoms with E-state index in [1.165, 1.54) is 19.3 Å². The van der Waals surface area contributed by atoms with Crippen LogP contribution in [0.25, 0.3) is 0 Å². The van der Waals surface area contributed by atoms with Crippen molar-refractivity contribution in [1.82, 2.24) is 10.0 Å². The molecule has 0 amide bonds. The maximum absolute atomic E-state index is 11.8. The van der Waals surface area contributed by atoms with Crippen LogP contribution in [-0.4, -0.2) is 33.3 Å². The number of hydrogen-bond donors (Lipinski definition) is 2. The fourth-order valence-corrected chi connectivity index (χ4v) is 3.68. The first-order chi connectivity index (χ1) is 8.55. The average Bonchev–Trinajstić information content (AvgIpc) is 2.19. The SMILES string of the molecule is CCCNCCCCS(=O)(=O)NC(C)C1CCC1. The molecule has 1 rings (SSSR count). The molecule has 0 radical (unpaired) electrons. The van der Waals surface area contributed by atoms with Crippen LogP contribution in [-0.2, 0) is 10.0 Å². The zero-order valence-electron chi connectivity index (χ0n) is 11.7. The van der Waals surface area contributed by atoms with E-state index >= 15 is 0 Å². The van der Waals surface area contributed by atoms with E-state index in [-0.39, 0.29) is 11.8 Å². The molecular weight excluding hydrogens is 248 g/mol. The predicted molar refractivity (Wildman–Crippen MR) is 76.1 cm³/mol. The van der Waals surface area contributed by atoms with E-state index in [1.54, 1.807) is 0 Å². The molecule has 0 saturated heterocycles. The molecule has 108 valence electrons. The highest BCUT2D eigenvalue weighted by Gasteiger charge is 2.26. The first-order valence-corrected chi connectivity index (χ1v) is 8.91. The normalized spacial score (nSPS) is 18.6. The van der Waals surface area contributed by atoms with Crippen LogP contribution in [0, 0.1) is 5.92 Å². The number of sulfonamides is 1. The highest BCUT2D eigenvalue weighted by molar-refractivity contribution is 7.89. The molecule has 1 aliphatic carbocycles. The van der Waals surface area contributed by atoms with Crippen LogP contribution in [0.1, 0.15) is 52.4 Å². The quantitative estimate of drug-likeness (QED) is 0.599. The molecule has 1 unspecified atom stereocenters. The zero-order valence-corrected chi connectivity index (χ0v) is 12.6. The maximum atomic E-state index is 11.8. The molecule has 1 fully saturated rings. The van der Waals surface area contributed by atoms with Crippen molar-refractivity contribution in [2.75, 3.05) is 18.8 Å². The Labute approximate surface area is 112 Å². The molecule has 4 nitrogen and oxygen atoms in total. The maximum Gasteiger partial charge on any atom is 0.211 e. The Morgan fingerprint density at radius 2 is 1.94 bits per heavy atom. The molecule has 0 aromatic rings. The summed E-state index contributed by atoms with van der Waals surface area (Å²) in [5.41, 5.74) is 0. The van der Waals surface area contributed by atoms with Crippen molar-refractivity contribution in [3.05, 3.63) is 0 Å². The van der Waals surface area contributed by atoms with E-state index in [2.05, 4.69) is 17.0 Å². The summed E-state index contributed by atoms with van der Waals surface area (Å²) in [7, 11) is -3.07. The Hall–Kier alpha value is -0.130. The molecule has 0 bridgehead atoms. The summed E-state index contributed by atoms with van der Waals surface area (Å²) in [5.74, 6) is 0.823. The topological polar surface area (TPSA) is 58.2 Å². The van der Waals surface area contributed by atoms with E-state index in [9.17, 15) is 8.42 Å². The van der Waals surface area contributed by atoms with Crippen LogP contribution >= 0.6 is 0 Å². The molecule has 1 atom stereocenters. The van der Waals surface area contributed by atoms with Gasteiger partial charge < -0.3 is 5.32 Å². The van der Waals surface area contributed by atoms with Gasteiger partial charge in [-0.15, -0.1) is 0 Å². The van der Waals surface area contributed by atoms with Crippen LogP contribution < -0.4 is 10.0 Å². The van der Waals surface area contributed by atoms with Crippen molar-refractivity contribution in [3.8, 4) is 0 Å². The fourth-order valence-electron chi connectivity index (χ4n) is 2.22. The molecule has 0 aromatic heterocycles. The predicted octanol–water partition coefficient (Wildman–Crippen LogP) is 1.87. The zero-order chi connectivity index (χ0) is 13.4. The van der Waals surface area contributed by atoms with Gasteiger partial charge in [-0.3, -0.25) is 0 Å². The van der Waals surface area contributed by atoms with Crippen LogP contribution in [0.5, 0.6) is 0 Å². The number of nitrogens with one attached hydrogen (secondary N) is 2. The number of rotatable bonds is 10. The molecule has 18 heavy (non-hydrogen) atoms. The van der Waals surface area contributed by atoms with Crippen molar-refractivity contribution >= 4 is 10.0 Å². The van der Waals surface area contributed by atoms with E-state index < -0.39 is 10.0 Å². The second-order valence-corrected chi connectivity index (χ2v) is 7.25. The minimum Gasteiger partial charge on any atom is -0.317 e. The van der Waals surface area contributed by atoms with Crippen LogP contribution in [0.15, 0.2) is 0 Å². The van der Waals surface area contributed by atoms with E-state index in [1.807, 2.05) is 6.92 Å². The van der Waals surface area contributed by atoms with Crippen molar-refractivity contribution in [2.45, 2.75) is 58.4 Å². The third kappa shape index (κ3) is 6.16. The molecule has 0 aromatic carbocycles. The van der Waals surface area contributed by atoms with Gasteiger partial charge in [0, 0.05) is 6.04 Å². The molecule has 0 spiro atoms. The van der Waals surface area contributed by atoms with Crippen molar-refractivity contribution < 1.29 is 8.42 Å². The second kappa shape index (κ2) is 8.12. The van der Waals surface area contributed by atoms with Gasteiger partial charge in [-0.05, 0) is 58.0 Å². The summed E-state index contributed by atoms with van der Waals surface area (Å²) in [4.78, 5) is 0. The largest absolute Gasteiger partial charge is 0.317 e. The number of unbranched alkanes of at least 4 members (excludes halogenated alkanes) is 1. The molecule has 2 N–H and O–H groups in total. The Balaban J connectivity index is 2.10. The minimum absolute atomic E-state index is 0.113. The highest BCUT2D eigenvalue weighted by Crippen LogP contribution is 2.29. The first-order valence-electron chi connectivity index (χ1n) is 7.26. The van der Waals surface area contributed by atoms with Gasteiger partial charge in [0.05, 0.1) is 5.75 Å². The lowest BCUT2D eigenvalue weighted by Gasteiger charge is -2.31. The third-order valence-corrected chi connectivity index (χ3v) is 5.22. The third-order valence-electron chi connectivity index (χ3n) is 3.67. The first kappa shape index (κ1) is 15.9. The lowest BCUT2D eigenvalue weighted by molar-refractivity contribution is 0.260. The Morgan fingerprint density at radius 1 is 1.22 bits per heavy atom. The lowest BCUT2D eigenvalue weighted by atomic mass is 9.81. The smallest absolute Gasteiger partial charge is 0.211 e. The summed E-state index contributed by atoms with van der Waals surface area (Å²) in [6.07, 6.45) is 6.38. The molecule has 5 heteroatoms. The van der Waals surface area contributed by atoms with Crippen molar-refractivity contribution in [3.63, 3.8) is 0 Å². The van der Waals surface area contributed by atoms with E-state index in [4.69, 9.17) is 0 Å². The van der Waals surface area contributed by atoms with Crippen LogP contribution in [0.3, 0.4) is 0 Å². The average molecular weight is 276 g/mol. The summed E-state index contributed by atoms with van der Waals surface area (Å²) in [6, 6.07) is 0.113. The Bertz CT molecular complexity index is 313. The van der Waals surface area contributed by atoms with Gasteiger partial charge in [0.2, 0.25) is 10.0 Å². The van der Waals surface area contributed by atoms with Gasteiger partial charge in [0.25, 0.3) is 0 Å². The van der Waals surface area contributed by atoms with E-state index in [0.29, 0.717) is 5.92 Å². The lowest BCUT2D eigenvalue weighted by Crippen LogP contribution is -2.41. The summed E-state index contributed by atoms with van der Waals surface area (Å²) >= 11 is 0. The fraction of sp³-hybridized carbons (Fsp3) is 1.00. The monoisotopic (exact) mass is 276 g/mol. The van der Waals surface area contributed by atoms with Crippen LogP contribution in [0.4, 0.5) is 0 Å². The summed E-state index contributed by atoms with van der Waals surface area (Å²) < 4.78 is 26.5. The van der Waals surface area contributed by atoms with Gasteiger partial charge in [0.1, 0.15) is 0 Å². The molecule has 0 aliphatic heterocycles. The molecular formula is C13H28N2O2S. The molecule has 1 aliphatic rings. The van der Waals surface area contributed by atoms with E-state index in [0.717, 1.165) is 32.4 Å². The van der Waals surface area contributed by atoms with Gasteiger partial charge in [-0.25, -0.2) is 13.1 Å². The van der Waals surface area contributed by atoms with Gasteiger partial charge in [0.15, 0.2) is 0 Å². The van der Waals surface area contributed by atoms with Crippen molar-refractivity contribution in [1.29, 1.82) is 0 Å². The molecule has 1 saturated carbocycles. The van der Waals surface area contributed by atoms with Gasteiger partial charge in [-0.1, -0.05) is 13.3 Å². The number of hydrogen-bond acceptors (Lipinski definition) is 3. The Morgan fingerprint density at radius 3 is 2.50 bits per heavy atom. The summed E-state index contributed by atoms with van der Waals surface area (Å²) in [6.45, 7) is 6.05.